The van der Waals surface area contributed by atoms with Crippen molar-refractivity contribution in [2.45, 2.75) is 19.3 Å². The molecule has 4 heteroatoms. The van der Waals surface area contributed by atoms with E-state index in [0.29, 0.717) is 6.42 Å². The highest BCUT2D eigenvalue weighted by atomic mass is 16.5. The Bertz CT molecular complexity index is 347. The lowest BCUT2D eigenvalue weighted by molar-refractivity contribution is -0.124. The second kappa shape index (κ2) is 6.91. The summed E-state index contributed by atoms with van der Waals surface area (Å²) in [5.41, 5.74) is 3.95. The molecule has 0 unspecified atom stereocenters. The van der Waals surface area contributed by atoms with Crippen LogP contribution in [0.2, 0.25) is 0 Å². The average molecular weight is 236 g/mol. The van der Waals surface area contributed by atoms with Crippen LogP contribution in [0.15, 0.2) is 24.3 Å². The number of nitrogens with zero attached hydrogens (tertiary/aromatic N) is 1. The number of hydrazine groups is 1. The molecule has 4 nitrogen and oxygen atoms in total. The average Bonchev–Trinajstić information content (AvgIpc) is 2.29. The Balaban J connectivity index is 2.28. The molecule has 0 atom stereocenters. The topological polar surface area (TPSA) is 41.6 Å². The molecule has 0 radical (unpaired) electrons. The highest BCUT2D eigenvalue weighted by Crippen LogP contribution is 2.13. The third-order valence-corrected chi connectivity index (χ3v) is 2.38. The summed E-state index contributed by atoms with van der Waals surface area (Å²) in [6.45, 7) is 0. The van der Waals surface area contributed by atoms with Gasteiger partial charge in [0.05, 0.1) is 7.11 Å². The Morgan fingerprint density at radius 2 is 1.94 bits per heavy atom. The van der Waals surface area contributed by atoms with Crippen molar-refractivity contribution < 1.29 is 9.53 Å². The first-order valence-electron chi connectivity index (χ1n) is 5.71. The van der Waals surface area contributed by atoms with Crippen LogP contribution in [0, 0.1) is 0 Å². The molecule has 0 saturated carbocycles. The number of ether oxygens (including phenoxy) is 1. The fourth-order valence-corrected chi connectivity index (χ4v) is 1.55. The summed E-state index contributed by atoms with van der Waals surface area (Å²) in [7, 11) is 5.27. The minimum absolute atomic E-state index is 0.0588. The molecule has 0 aliphatic rings. The first-order valence-corrected chi connectivity index (χ1v) is 5.71. The van der Waals surface area contributed by atoms with E-state index in [-0.39, 0.29) is 5.91 Å². The van der Waals surface area contributed by atoms with E-state index in [9.17, 15) is 4.79 Å². The monoisotopic (exact) mass is 236 g/mol. The third-order valence-electron chi connectivity index (χ3n) is 2.38. The van der Waals surface area contributed by atoms with E-state index in [4.69, 9.17) is 4.74 Å². The fraction of sp³-hybridized carbons (Fsp3) is 0.462. The number of hydrogen-bond acceptors (Lipinski definition) is 3. The van der Waals surface area contributed by atoms with Gasteiger partial charge in [-0.15, -0.1) is 0 Å². The Labute approximate surface area is 103 Å². The second-order valence-corrected chi connectivity index (χ2v) is 4.13. The highest BCUT2D eigenvalue weighted by Gasteiger charge is 2.02. The molecular formula is C13H20N2O2. The number of carbonyl (C=O) groups is 1. The lowest BCUT2D eigenvalue weighted by Gasteiger charge is -2.11. The van der Waals surface area contributed by atoms with Crippen molar-refractivity contribution in [3.8, 4) is 5.75 Å². The van der Waals surface area contributed by atoms with Crippen molar-refractivity contribution >= 4 is 5.91 Å². The molecule has 0 spiro atoms. The Kier molecular flexibility index (Phi) is 5.49. The lowest BCUT2D eigenvalue weighted by atomic mass is 10.1. The molecule has 1 N–H and O–H groups in total. The zero-order chi connectivity index (χ0) is 12.7. The maximum atomic E-state index is 11.4. The predicted octanol–water partition coefficient (Wildman–Crippen LogP) is 1.61. The van der Waals surface area contributed by atoms with Crippen molar-refractivity contribution in [2.75, 3.05) is 21.2 Å². The van der Waals surface area contributed by atoms with Gasteiger partial charge in [0.15, 0.2) is 0 Å². The largest absolute Gasteiger partial charge is 0.497 e. The smallest absolute Gasteiger partial charge is 0.234 e. The predicted molar refractivity (Wildman–Crippen MR) is 67.8 cm³/mol. The second-order valence-electron chi connectivity index (χ2n) is 4.13. The van der Waals surface area contributed by atoms with E-state index < -0.39 is 0 Å². The van der Waals surface area contributed by atoms with Crippen LogP contribution in [0.4, 0.5) is 0 Å². The van der Waals surface area contributed by atoms with Crippen molar-refractivity contribution in [2.24, 2.45) is 0 Å². The first kappa shape index (κ1) is 13.5. The molecule has 0 aliphatic carbocycles. The van der Waals surface area contributed by atoms with Gasteiger partial charge in [-0.2, -0.15) is 0 Å². The van der Waals surface area contributed by atoms with Gasteiger partial charge in [-0.05, 0) is 30.5 Å². The van der Waals surface area contributed by atoms with Crippen molar-refractivity contribution in [1.29, 1.82) is 0 Å². The van der Waals surface area contributed by atoms with Gasteiger partial charge in [-0.25, -0.2) is 5.01 Å². The maximum absolute atomic E-state index is 11.4. The van der Waals surface area contributed by atoms with Crippen molar-refractivity contribution in [3.05, 3.63) is 29.8 Å². The number of amides is 1. The minimum Gasteiger partial charge on any atom is -0.497 e. The van der Waals surface area contributed by atoms with E-state index in [1.165, 1.54) is 5.56 Å². The van der Waals surface area contributed by atoms with Gasteiger partial charge in [-0.1, -0.05) is 12.1 Å². The normalized spacial score (nSPS) is 10.4. The zero-order valence-corrected chi connectivity index (χ0v) is 10.7. The summed E-state index contributed by atoms with van der Waals surface area (Å²) in [6, 6.07) is 7.94. The molecule has 17 heavy (non-hydrogen) atoms. The van der Waals surface area contributed by atoms with Gasteiger partial charge < -0.3 is 4.74 Å². The van der Waals surface area contributed by atoms with Gasteiger partial charge in [-0.3, -0.25) is 10.2 Å². The highest BCUT2D eigenvalue weighted by molar-refractivity contribution is 5.75. The number of carbonyl (C=O) groups excluding carboxylic acids is 1. The number of rotatable bonds is 6. The summed E-state index contributed by atoms with van der Waals surface area (Å²) < 4.78 is 5.09. The van der Waals surface area contributed by atoms with Crippen molar-refractivity contribution in [3.63, 3.8) is 0 Å². The molecule has 0 fully saturated rings. The van der Waals surface area contributed by atoms with E-state index >= 15 is 0 Å². The molecule has 1 amide bonds. The van der Waals surface area contributed by atoms with Crippen LogP contribution in [0.3, 0.4) is 0 Å². The van der Waals surface area contributed by atoms with Crippen LogP contribution < -0.4 is 10.2 Å². The summed E-state index contributed by atoms with van der Waals surface area (Å²) in [5.74, 6) is 0.919. The Morgan fingerprint density at radius 1 is 1.29 bits per heavy atom. The van der Waals surface area contributed by atoms with Crippen LogP contribution in [0.5, 0.6) is 5.75 Å². The van der Waals surface area contributed by atoms with Crippen LogP contribution in [-0.2, 0) is 11.2 Å². The molecule has 1 aromatic carbocycles. The Hall–Kier alpha value is -1.55. The van der Waals surface area contributed by atoms with E-state index in [0.717, 1.165) is 18.6 Å². The van der Waals surface area contributed by atoms with E-state index in [1.807, 2.05) is 24.3 Å². The number of methoxy groups -OCH3 is 1. The molecule has 1 rings (SSSR count). The number of aryl methyl sites for hydroxylation is 1. The molecule has 0 bridgehead atoms. The van der Waals surface area contributed by atoms with Crippen molar-refractivity contribution in [1.82, 2.24) is 10.4 Å². The standard InChI is InChI=1S/C13H20N2O2/c1-15(2)14-13(16)6-4-5-11-7-9-12(17-3)10-8-11/h7-10H,4-6H2,1-3H3,(H,14,16). The summed E-state index contributed by atoms with van der Waals surface area (Å²) >= 11 is 0. The van der Waals surface area contributed by atoms with Gasteiger partial charge in [0.25, 0.3) is 0 Å². The van der Waals surface area contributed by atoms with Gasteiger partial charge >= 0.3 is 0 Å². The minimum atomic E-state index is 0.0588. The molecule has 94 valence electrons. The number of nitrogens with one attached hydrogen (secondary N) is 1. The molecule has 0 heterocycles. The molecule has 0 aromatic heterocycles. The van der Waals surface area contributed by atoms with E-state index in [1.54, 1.807) is 26.2 Å². The molecule has 0 aliphatic heterocycles. The third kappa shape index (κ3) is 5.36. The molecule has 1 aromatic rings. The summed E-state index contributed by atoms with van der Waals surface area (Å²) in [6.07, 6.45) is 2.31. The van der Waals surface area contributed by atoms with Crippen LogP contribution in [-0.4, -0.2) is 32.1 Å². The van der Waals surface area contributed by atoms with Gasteiger partial charge in [0, 0.05) is 20.5 Å². The fourth-order valence-electron chi connectivity index (χ4n) is 1.55. The zero-order valence-electron chi connectivity index (χ0n) is 10.7. The Morgan fingerprint density at radius 3 is 2.47 bits per heavy atom. The summed E-state index contributed by atoms with van der Waals surface area (Å²) in [4.78, 5) is 11.4. The molecular weight excluding hydrogens is 216 g/mol. The van der Waals surface area contributed by atoms with Gasteiger partial charge in [0.2, 0.25) is 5.91 Å². The summed E-state index contributed by atoms with van der Waals surface area (Å²) in [5, 5.41) is 1.66. The maximum Gasteiger partial charge on any atom is 0.234 e. The van der Waals surface area contributed by atoms with Crippen LogP contribution in [0.25, 0.3) is 0 Å². The molecule has 0 saturated heterocycles. The lowest BCUT2D eigenvalue weighted by Crippen LogP contribution is -2.35. The van der Waals surface area contributed by atoms with Crippen LogP contribution >= 0.6 is 0 Å². The SMILES string of the molecule is COc1ccc(CCCC(=O)NN(C)C)cc1. The van der Waals surface area contributed by atoms with Crippen LogP contribution in [0.1, 0.15) is 18.4 Å². The van der Waals surface area contributed by atoms with E-state index in [2.05, 4.69) is 5.43 Å². The number of benzene rings is 1. The number of hydrogen-bond donors (Lipinski definition) is 1. The van der Waals surface area contributed by atoms with Gasteiger partial charge in [0.1, 0.15) is 5.75 Å². The quantitative estimate of drug-likeness (QED) is 0.763. The first-order chi connectivity index (χ1) is 8.11.